The van der Waals surface area contributed by atoms with Crippen LogP contribution in [-0.4, -0.2) is 13.1 Å². The zero-order valence-corrected chi connectivity index (χ0v) is 11.5. The first kappa shape index (κ1) is 12.9. The standard InChI is InChI=1S/C15H22ClN/c1-11-5-3-8-14(11)15(17-2)10-12-6-4-7-13(16)9-12/h4,6-7,9,11,14-15,17H,3,5,8,10H2,1-2H3. The van der Waals surface area contributed by atoms with E-state index in [-0.39, 0.29) is 0 Å². The summed E-state index contributed by atoms with van der Waals surface area (Å²) in [5, 5.41) is 4.34. The van der Waals surface area contributed by atoms with Crippen LogP contribution in [0, 0.1) is 11.8 Å². The van der Waals surface area contributed by atoms with E-state index < -0.39 is 0 Å². The van der Waals surface area contributed by atoms with E-state index in [1.54, 1.807) is 0 Å². The van der Waals surface area contributed by atoms with Gasteiger partial charge in [-0.3, -0.25) is 0 Å². The van der Waals surface area contributed by atoms with Crippen molar-refractivity contribution in [1.29, 1.82) is 0 Å². The number of benzene rings is 1. The number of nitrogens with one attached hydrogen (secondary N) is 1. The fourth-order valence-electron chi connectivity index (χ4n) is 3.16. The second-order valence-electron chi connectivity index (χ2n) is 5.30. The van der Waals surface area contributed by atoms with E-state index in [0.717, 1.165) is 23.3 Å². The summed E-state index contributed by atoms with van der Waals surface area (Å²) in [6, 6.07) is 8.84. The molecule has 0 radical (unpaired) electrons. The molecule has 1 nitrogen and oxygen atoms in total. The van der Waals surface area contributed by atoms with Crippen molar-refractivity contribution in [1.82, 2.24) is 5.32 Å². The van der Waals surface area contributed by atoms with Crippen molar-refractivity contribution < 1.29 is 0 Å². The lowest BCUT2D eigenvalue weighted by molar-refractivity contribution is 0.308. The summed E-state index contributed by atoms with van der Waals surface area (Å²) in [7, 11) is 2.08. The normalized spacial score (nSPS) is 26.1. The number of likely N-dealkylation sites (N-methyl/N-ethyl adjacent to an activating group) is 1. The van der Waals surface area contributed by atoms with Crippen LogP contribution in [0.2, 0.25) is 5.02 Å². The molecular weight excluding hydrogens is 230 g/mol. The molecule has 0 heterocycles. The van der Waals surface area contributed by atoms with E-state index in [1.165, 1.54) is 24.8 Å². The minimum Gasteiger partial charge on any atom is -0.316 e. The largest absolute Gasteiger partial charge is 0.316 e. The predicted molar refractivity (Wildman–Crippen MR) is 74.5 cm³/mol. The quantitative estimate of drug-likeness (QED) is 0.856. The van der Waals surface area contributed by atoms with Gasteiger partial charge >= 0.3 is 0 Å². The monoisotopic (exact) mass is 251 g/mol. The molecule has 0 bridgehead atoms. The van der Waals surface area contributed by atoms with E-state index >= 15 is 0 Å². The number of hydrogen-bond donors (Lipinski definition) is 1. The molecule has 1 N–H and O–H groups in total. The lowest BCUT2D eigenvalue weighted by Gasteiger charge is -2.26. The second-order valence-corrected chi connectivity index (χ2v) is 5.74. The molecule has 94 valence electrons. The molecule has 3 unspecified atom stereocenters. The van der Waals surface area contributed by atoms with Crippen molar-refractivity contribution in [2.45, 2.75) is 38.6 Å². The van der Waals surface area contributed by atoms with E-state index in [9.17, 15) is 0 Å². The molecule has 3 atom stereocenters. The van der Waals surface area contributed by atoms with E-state index in [4.69, 9.17) is 11.6 Å². The van der Waals surface area contributed by atoms with Gasteiger partial charge in [0.15, 0.2) is 0 Å². The number of rotatable bonds is 4. The van der Waals surface area contributed by atoms with Crippen LogP contribution in [-0.2, 0) is 6.42 Å². The van der Waals surface area contributed by atoms with Crippen LogP contribution < -0.4 is 5.32 Å². The Morgan fingerprint density at radius 2 is 2.24 bits per heavy atom. The molecule has 1 saturated carbocycles. The van der Waals surface area contributed by atoms with Gasteiger partial charge in [0.05, 0.1) is 0 Å². The van der Waals surface area contributed by atoms with Crippen molar-refractivity contribution in [3.63, 3.8) is 0 Å². The fraction of sp³-hybridized carbons (Fsp3) is 0.600. The van der Waals surface area contributed by atoms with Gasteiger partial charge in [0.25, 0.3) is 0 Å². The average molecular weight is 252 g/mol. The summed E-state index contributed by atoms with van der Waals surface area (Å²) in [4.78, 5) is 0. The molecule has 1 aromatic carbocycles. The minimum absolute atomic E-state index is 0.589. The molecule has 0 saturated heterocycles. The first-order chi connectivity index (χ1) is 8.20. The molecule has 1 aliphatic rings. The third kappa shape index (κ3) is 3.23. The molecule has 0 aliphatic heterocycles. The zero-order valence-electron chi connectivity index (χ0n) is 10.7. The maximum absolute atomic E-state index is 6.04. The highest BCUT2D eigenvalue weighted by atomic mass is 35.5. The van der Waals surface area contributed by atoms with Crippen LogP contribution in [0.4, 0.5) is 0 Å². The topological polar surface area (TPSA) is 12.0 Å². The Bertz CT molecular complexity index is 364. The smallest absolute Gasteiger partial charge is 0.0408 e. The van der Waals surface area contributed by atoms with Crippen molar-refractivity contribution in [2.24, 2.45) is 11.8 Å². The van der Waals surface area contributed by atoms with Crippen molar-refractivity contribution >= 4 is 11.6 Å². The molecule has 1 aliphatic carbocycles. The third-order valence-corrected chi connectivity index (χ3v) is 4.40. The van der Waals surface area contributed by atoms with Gasteiger partial charge in [0, 0.05) is 11.1 Å². The van der Waals surface area contributed by atoms with Crippen LogP contribution in [0.1, 0.15) is 31.7 Å². The first-order valence-electron chi connectivity index (χ1n) is 6.62. The Kier molecular flexibility index (Phi) is 4.47. The van der Waals surface area contributed by atoms with Gasteiger partial charge in [-0.25, -0.2) is 0 Å². The minimum atomic E-state index is 0.589. The lowest BCUT2D eigenvalue weighted by Crippen LogP contribution is -2.36. The van der Waals surface area contributed by atoms with Crippen molar-refractivity contribution in [3.8, 4) is 0 Å². The number of hydrogen-bond acceptors (Lipinski definition) is 1. The Morgan fingerprint density at radius 1 is 1.41 bits per heavy atom. The average Bonchev–Trinajstić information content (AvgIpc) is 2.72. The Balaban J connectivity index is 2.04. The SMILES string of the molecule is CNC(Cc1cccc(Cl)c1)C1CCCC1C. The van der Waals surface area contributed by atoms with Crippen LogP contribution in [0.5, 0.6) is 0 Å². The van der Waals surface area contributed by atoms with Crippen LogP contribution in [0.3, 0.4) is 0 Å². The van der Waals surface area contributed by atoms with Gasteiger partial charge in [-0.15, -0.1) is 0 Å². The summed E-state index contributed by atoms with van der Waals surface area (Å²) < 4.78 is 0. The fourth-order valence-corrected chi connectivity index (χ4v) is 3.37. The van der Waals surface area contributed by atoms with Crippen LogP contribution in [0.25, 0.3) is 0 Å². The van der Waals surface area contributed by atoms with Crippen LogP contribution in [0.15, 0.2) is 24.3 Å². The maximum Gasteiger partial charge on any atom is 0.0408 e. The maximum atomic E-state index is 6.04. The van der Waals surface area contributed by atoms with E-state index in [1.807, 2.05) is 12.1 Å². The lowest BCUT2D eigenvalue weighted by atomic mass is 9.86. The zero-order chi connectivity index (χ0) is 12.3. The van der Waals surface area contributed by atoms with Gasteiger partial charge in [0.2, 0.25) is 0 Å². The summed E-state index contributed by atoms with van der Waals surface area (Å²) in [6.45, 7) is 2.39. The van der Waals surface area contributed by atoms with Gasteiger partial charge in [0.1, 0.15) is 0 Å². The predicted octanol–water partition coefficient (Wildman–Crippen LogP) is 3.91. The molecular formula is C15H22ClN. The molecule has 0 aromatic heterocycles. The Morgan fingerprint density at radius 3 is 2.82 bits per heavy atom. The van der Waals surface area contributed by atoms with Gasteiger partial charge < -0.3 is 5.32 Å². The highest BCUT2D eigenvalue weighted by Crippen LogP contribution is 2.34. The summed E-state index contributed by atoms with van der Waals surface area (Å²) in [5.41, 5.74) is 1.34. The van der Waals surface area contributed by atoms with E-state index in [0.29, 0.717) is 6.04 Å². The highest BCUT2D eigenvalue weighted by Gasteiger charge is 2.29. The Labute approximate surface area is 110 Å². The summed E-state index contributed by atoms with van der Waals surface area (Å²) in [5.74, 6) is 1.67. The molecule has 1 fully saturated rings. The van der Waals surface area contributed by atoms with Gasteiger partial charge in [-0.1, -0.05) is 43.5 Å². The van der Waals surface area contributed by atoms with Gasteiger partial charge in [-0.2, -0.15) is 0 Å². The molecule has 0 spiro atoms. The molecule has 0 amide bonds. The van der Waals surface area contributed by atoms with Crippen molar-refractivity contribution in [2.75, 3.05) is 7.05 Å². The van der Waals surface area contributed by atoms with Crippen molar-refractivity contribution in [3.05, 3.63) is 34.9 Å². The first-order valence-corrected chi connectivity index (χ1v) is 7.00. The summed E-state index contributed by atoms with van der Waals surface area (Å²) >= 11 is 6.04. The molecule has 17 heavy (non-hydrogen) atoms. The Hall–Kier alpha value is -0.530. The van der Waals surface area contributed by atoms with Gasteiger partial charge in [-0.05, 0) is 49.4 Å². The number of halogens is 1. The van der Waals surface area contributed by atoms with Crippen LogP contribution >= 0.6 is 11.6 Å². The van der Waals surface area contributed by atoms with E-state index in [2.05, 4.69) is 31.4 Å². The second kappa shape index (κ2) is 5.88. The third-order valence-electron chi connectivity index (χ3n) is 4.16. The molecule has 1 aromatic rings. The molecule has 2 rings (SSSR count). The summed E-state index contributed by atoms with van der Waals surface area (Å²) in [6.07, 6.45) is 5.23. The highest BCUT2D eigenvalue weighted by molar-refractivity contribution is 6.30. The molecule has 2 heteroatoms.